The van der Waals surface area contributed by atoms with Crippen LogP contribution in [0.25, 0.3) is 0 Å². The van der Waals surface area contributed by atoms with Gasteiger partial charge in [-0.15, -0.1) is 0 Å². The van der Waals surface area contributed by atoms with Gasteiger partial charge in [-0.05, 0) is 49.3 Å². The van der Waals surface area contributed by atoms with E-state index in [1.54, 1.807) is 10.9 Å². The molecule has 0 aliphatic rings. The summed E-state index contributed by atoms with van der Waals surface area (Å²) < 4.78 is 2.59. The van der Waals surface area contributed by atoms with Gasteiger partial charge >= 0.3 is 0 Å². The topological polar surface area (TPSA) is 38.1 Å². The summed E-state index contributed by atoms with van der Waals surface area (Å²) >= 11 is 3.45. The highest BCUT2D eigenvalue weighted by Crippen LogP contribution is 2.25. The predicted molar refractivity (Wildman–Crippen MR) is 81.5 cm³/mol. The second kappa shape index (κ2) is 6.66. The van der Waals surface area contributed by atoms with Crippen molar-refractivity contribution >= 4 is 21.7 Å². The van der Waals surface area contributed by atoms with Crippen LogP contribution in [0.2, 0.25) is 0 Å². The van der Waals surface area contributed by atoms with Crippen LogP contribution in [0.5, 0.6) is 0 Å². The van der Waals surface area contributed by atoms with E-state index in [0.717, 1.165) is 30.5 Å². The molecule has 0 aromatic carbocycles. The molecular formula is C14H24BrN3O. The molecule has 0 amide bonds. The quantitative estimate of drug-likeness (QED) is 0.720. The Kier molecular flexibility index (Phi) is 5.74. The van der Waals surface area contributed by atoms with Crippen LogP contribution in [0.1, 0.15) is 51.5 Å². The van der Waals surface area contributed by atoms with Gasteiger partial charge in [0, 0.05) is 6.54 Å². The highest BCUT2D eigenvalue weighted by Gasteiger charge is 2.36. The zero-order chi connectivity index (χ0) is 14.6. The van der Waals surface area contributed by atoms with Gasteiger partial charge < -0.3 is 0 Å². The van der Waals surface area contributed by atoms with Crippen LogP contribution in [-0.4, -0.2) is 39.1 Å². The van der Waals surface area contributed by atoms with Crippen LogP contribution in [0.4, 0.5) is 0 Å². The SMILES string of the molecule is CCCn1ncc(Br)c1C(=O)C(C)(C)N(CC)CC. The molecule has 19 heavy (non-hydrogen) atoms. The molecule has 0 atom stereocenters. The van der Waals surface area contributed by atoms with Crippen molar-refractivity contribution in [1.82, 2.24) is 14.7 Å². The molecule has 5 heteroatoms. The van der Waals surface area contributed by atoms with Gasteiger partial charge in [0.25, 0.3) is 0 Å². The van der Waals surface area contributed by atoms with E-state index in [9.17, 15) is 4.79 Å². The molecule has 0 N–H and O–H groups in total. The van der Waals surface area contributed by atoms with E-state index in [2.05, 4.69) is 46.7 Å². The average Bonchev–Trinajstić information content (AvgIpc) is 2.71. The fourth-order valence-corrected chi connectivity index (χ4v) is 2.89. The van der Waals surface area contributed by atoms with E-state index < -0.39 is 5.54 Å². The first-order valence-electron chi connectivity index (χ1n) is 6.91. The number of Topliss-reactive ketones (excluding diaryl/α,β-unsaturated/α-hetero) is 1. The molecule has 0 fully saturated rings. The van der Waals surface area contributed by atoms with Gasteiger partial charge in [-0.2, -0.15) is 5.10 Å². The van der Waals surface area contributed by atoms with Crippen molar-refractivity contribution in [2.45, 2.75) is 53.1 Å². The van der Waals surface area contributed by atoms with Crippen molar-refractivity contribution in [3.05, 3.63) is 16.4 Å². The molecule has 1 heterocycles. The lowest BCUT2D eigenvalue weighted by Crippen LogP contribution is -2.50. The number of aryl methyl sites for hydroxylation is 1. The van der Waals surface area contributed by atoms with Crippen LogP contribution >= 0.6 is 15.9 Å². The third-order valence-corrected chi connectivity index (χ3v) is 4.14. The maximum absolute atomic E-state index is 12.9. The Morgan fingerprint density at radius 2 is 1.95 bits per heavy atom. The summed E-state index contributed by atoms with van der Waals surface area (Å²) in [6.07, 6.45) is 2.67. The zero-order valence-corrected chi connectivity index (χ0v) is 14.1. The smallest absolute Gasteiger partial charge is 0.201 e. The zero-order valence-electron chi connectivity index (χ0n) is 12.5. The van der Waals surface area contributed by atoms with E-state index in [1.165, 1.54) is 0 Å². The Hall–Kier alpha value is -0.680. The minimum atomic E-state index is -0.516. The number of nitrogens with zero attached hydrogens (tertiary/aromatic N) is 3. The molecular weight excluding hydrogens is 306 g/mol. The number of hydrogen-bond acceptors (Lipinski definition) is 3. The summed E-state index contributed by atoms with van der Waals surface area (Å²) in [6.45, 7) is 12.7. The lowest BCUT2D eigenvalue weighted by Gasteiger charge is -2.35. The molecule has 1 aromatic heterocycles. The van der Waals surface area contributed by atoms with Gasteiger partial charge in [0.15, 0.2) is 0 Å². The number of likely N-dealkylation sites (N-methyl/N-ethyl adjacent to an activating group) is 1. The Morgan fingerprint density at radius 1 is 1.37 bits per heavy atom. The normalized spacial score (nSPS) is 12.2. The summed E-state index contributed by atoms with van der Waals surface area (Å²) in [5.74, 6) is 0.119. The third kappa shape index (κ3) is 3.26. The number of carbonyl (C=O) groups is 1. The van der Waals surface area contributed by atoms with E-state index in [-0.39, 0.29) is 5.78 Å². The Balaban J connectivity index is 3.15. The molecule has 1 rings (SSSR count). The van der Waals surface area contributed by atoms with Crippen molar-refractivity contribution < 1.29 is 4.79 Å². The lowest BCUT2D eigenvalue weighted by atomic mass is 9.94. The van der Waals surface area contributed by atoms with Gasteiger partial charge in [-0.25, -0.2) is 0 Å². The van der Waals surface area contributed by atoms with Crippen molar-refractivity contribution in [1.29, 1.82) is 0 Å². The Labute approximate surface area is 124 Å². The molecule has 1 aromatic rings. The number of hydrogen-bond donors (Lipinski definition) is 0. The molecule has 4 nitrogen and oxygen atoms in total. The van der Waals surface area contributed by atoms with E-state index in [4.69, 9.17) is 0 Å². The summed E-state index contributed by atoms with van der Waals surface area (Å²) in [5.41, 5.74) is 0.163. The van der Waals surface area contributed by atoms with Crippen LogP contribution in [0, 0.1) is 0 Å². The van der Waals surface area contributed by atoms with Crippen LogP contribution in [-0.2, 0) is 6.54 Å². The highest BCUT2D eigenvalue weighted by molar-refractivity contribution is 9.10. The summed E-state index contributed by atoms with van der Waals surface area (Å²) in [4.78, 5) is 15.0. The fourth-order valence-electron chi connectivity index (χ4n) is 2.42. The van der Waals surface area contributed by atoms with Gasteiger partial charge in [0.05, 0.1) is 16.2 Å². The standard InChI is InChI=1S/C14H24BrN3O/c1-6-9-18-12(11(15)10-16-18)13(19)14(4,5)17(7-2)8-3/h10H,6-9H2,1-5H3. The minimum absolute atomic E-state index is 0.119. The fraction of sp³-hybridized carbons (Fsp3) is 0.714. The number of aromatic nitrogens is 2. The number of halogens is 1. The van der Waals surface area contributed by atoms with Crippen molar-refractivity contribution in [3.8, 4) is 0 Å². The molecule has 0 aliphatic carbocycles. The largest absolute Gasteiger partial charge is 0.292 e. The molecule has 108 valence electrons. The first-order valence-corrected chi connectivity index (χ1v) is 7.70. The van der Waals surface area contributed by atoms with E-state index >= 15 is 0 Å². The molecule has 0 bridgehead atoms. The second-order valence-electron chi connectivity index (χ2n) is 5.12. The van der Waals surface area contributed by atoms with Gasteiger partial charge in [0.2, 0.25) is 5.78 Å². The average molecular weight is 330 g/mol. The predicted octanol–water partition coefficient (Wildman–Crippen LogP) is 3.36. The minimum Gasteiger partial charge on any atom is -0.292 e. The van der Waals surface area contributed by atoms with Gasteiger partial charge in [-0.3, -0.25) is 14.4 Å². The molecule has 0 spiro atoms. The highest BCUT2D eigenvalue weighted by atomic mass is 79.9. The number of carbonyl (C=O) groups excluding carboxylic acids is 1. The molecule has 0 radical (unpaired) electrons. The van der Waals surface area contributed by atoms with Crippen molar-refractivity contribution in [3.63, 3.8) is 0 Å². The Morgan fingerprint density at radius 3 is 2.42 bits per heavy atom. The summed E-state index contributed by atoms with van der Waals surface area (Å²) in [5, 5.41) is 4.28. The Bertz CT molecular complexity index is 436. The first-order chi connectivity index (χ1) is 8.89. The molecule has 0 unspecified atom stereocenters. The number of rotatable bonds is 7. The summed E-state index contributed by atoms with van der Waals surface area (Å²) in [7, 11) is 0. The van der Waals surface area contributed by atoms with Crippen molar-refractivity contribution in [2.24, 2.45) is 0 Å². The van der Waals surface area contributed by atoms with Crippen LogP contribution < -0.4 is 0 Å². The van der Waals surface area contributed by atoms with Gasteiger partial charge in [0.1, 0.15) is 5.69 Å². The third-order valence-electron chi connectivity index (χ3n) is 3.55. The molecule has 0 saturated heterocycles. The van der Waals surface area contributed by atoms with Crippen LogP contribution in [0.15, 0.2) is 10.7 Å². The maximum atomic E-state index is 12.9. The lowest BCUT2D eigenvalue weighted by molar-refractivity contribution is 0.0656. The van der Waals surface area contributed by atoms with Crippen molar-refractivity contribution in [2.75, 3.05) is 13.1 Å². The summed E-state index contributed by atoms with van der Waals surface area (Å²) in [6, 6.07) is 0. The van der Waals surface area contributed by atoms with E-state index in [1.807, 2.05) is 13.8 Å². The first kappa shape index (κ1) is 16.4. The molecule has 0 saturated carbocycles. The van der Waals surface area contributed by atoms with E-state index in [0.29, 0.717) is 5.69 Å². The van der Waals surface area contributed by atoms with Gasteiger partial charge in [-0.1, -0.05) is 20.8 Å². The maximum Gasteiger partial charge on any atom is 0.201 e. The monoisotopic (exact) mass is 329 g/mol. The molecule has 0 aliphatic heterocycles. The van der Waals surface area contributed by atoms with Crippen LogP contribution in [0.3, 0.4) is 0 Å². The number of ketones is 1. The second-order valence-corrected chi connectivity index (χ2v) is 5.98.